The van der Waals surface area contributed by atoms with E-state index < -0.39 is 5.97 Å². The molecule has 0 aliphatic rings. The number of carboxylic acid groups (broad SMARTS) is 1. The van der Waals surface area contributed by atoms with Gasteiger partial charge in [-0.1, -0.05) is 6.07 Å². The number of ether oxygens (including phenoxy) is 1. The summed E-state index contributed by atoms with van der Waals surface area (Å²) in [5, 5.41) is 9.92. The zero-order valence-electron chi connectivity index (χ0n) is 10.4. The summed E-state index contributed by atoms with van der Waals surface area (Å²) in [5.74, 6) is -0.177. The Bertz CT molecular complexity index is 752. The predicted octanol–water partition coefficient (Wildman–Crippen LogP) is 3.57. The van der Waals surface area contributed by atoms with E-state index in [0.717, 1.165) is 15.6 Å². The third-order valence-electron chi connectivity index (χ3n) is 2.83. The van der Waals surface area contributed by atoms with Crippen LogP contribution in [0.1, 0.15) is 15.2 Å². The number of rotatable bonds is 4. The molecule has 5 heteroatoms. The molecule has 1 aromatic carbocycles. The second-order valence-corrected chi connectivity index (χ2v) is 5.35. The largest absolute Gasteiger partial charge is 0.487 e. The summed E-state index contributed by atoms with van der Waals surface area (Å²) in [7, 11) is 0. The van der Waals surface area contributed by atoms with Gasteiger partial charge >= 0.3 is 5.97 Å². The predicted molar refractivity (Wildman–Crippen MR) is 77.4 cm³/mol. The number of benzene rings is 1. The van der Waals surface area contributed by atoms with Gasteiger partial charge in [0.05, 0.1) is 6.20 Å². The number of hydrogen-bond donors (Lipinski definition) is 1. The zero-order chi connectivity index (χ0) is 13.9. The number of carbonyl (C=O) groups is 1. The lowest BCUT2D eigenvalue weighted by molar-refractivity contribution is 0.0702. The summed E-state index contributed by atoms with van der Waals surface area (Å²) in [4.78, 5) is 15.3. The minimum absolute atomic E-state index is 0.352. The Balaban J connectivity index is 1.80. The van der Waals surface area contributed by atoms with E-state index in [-0.39, 0.29) is 0 Å². The molecule has 20 heavy (non-hydrogen) atoms. The first kappa shape index (κ1) is 12.6. The molecule has 3 aromatic rings. The molecule has 0 atom stereocenters. The lowest BCUT2D eigenvalue weighted by atomic mass is 10.2. The SMILES string of the molecule is O=C(O)c1cc2cc(COc3cccnc3)ccc2s1. The Kier molecular flexibility index (Phi) is 3.35. The lowest BCUT2D eigenvalue weighted by Crippen LogP contribution is -1.95. The average Bonchev–Trinajstić information content (AvgIpc) is 2.89. The third-order valence-corrected chi connectivity index (χ3v) is 3.94. The number of fused-ring (bicyclic) bond motifs is 1. The molecule has 0 unspecified atom stereocenters. The monoisotopic (exact) mass is 285 g/mol. The summed E-state index contributed by atoms with van der Waals surface area (Å²) in [6.07, 6.45) is 3.35. The van der Waals surface area contributed by atoms with Crippen LogP contribution < -0.4 is 4.74 Å². The van der Waals surface area contributed by atoms with Gasteiger partial charge in [-0.2, -0.15) is 0 Å². The second-order valence-electron chi connectivity index (χ2n) is 4.27. The van der Waals surface area contributed by atoms with Crippen molar-refractivity contribution in [2.45, 2.75) is 6.61 Å². The van der Waals surface area contributed by atoms with Gasteiger partial charge in [0.15, 0.2) is 0 Å². The Hall–Kier alpha value is -2.40. The van der Waals surface area contributed by atoms with E-state index in [1.54, 1.807) is 18.5 Å². The van der Waals surface area contributed by atoms with Gasteiger partial charge in [-0.25, -0.2) is 4.79 Å². The molecule has 0 bridgehead atoms. The molecular weight excluding hydrogens is 274 g/mol. The minimum Gasteiger partial charge on any atom is -0.487 e. The minimum atomic E-state index is -0.889. The van der Waals surface area contributed by atoms with Crippen LogP contribution in [0, 0.1) is 0 Å². The fraction of sp³-hybridized carbons (Fsp3) is 0.0667. The standard InChI is InChI=1S/C15H11NO3S/c17-15(18)14-7-11-6-10(3-4-13(11)20-14)9-19-12-2-1-5-16-8-12/h1-8H,9H2,(H,17,18). The number of pyridine rings is 1. The molecule has 0 aliphatic carbocycles. The number of aromatic carboxylic acids is 1. The number of hydrogen-bond acceptors (Lipinski definition) is 4. The molecule has 0 radical (unpaired) electrons. The summed E-state index contributed by atoms with van der Waals surface area (Å²) in [6, 6.07) is 11.2. The van der Waals surface area contributed by atoms with Crippen LogP contribution in [0.4, 0.5) is 0 Å². The van der Waals surface area contributed by atoms with Crippen LogP contribution >= 0.6 is 11.3 Å². The first-order valence-electron chi connectivity index (χ1n) is 6.01. The van der Waals surface area contributed by atoms with Gasteiger partial charge in [0.2, 0.25) is 0 Å². The van der Waals surface area contributed by atoms with Crippen molar-refractivity contribution < 1.29 is 14.6 Å². The quantitative estimate of drug-likeness (QED) is 0.796. The number of aromatic nitrogens is 1. The van der Waals surface area contributed by atoms with Crippen LogP contribution in [0.3, 0.4) is 0 Å². The lowest BCUT2D eigenvalue weighted by Gasteiger charge is -2.05. The number of carboxylic acids is 1. The van der Waals surface area contributed by atoms with Crippen molar-refractivity contribution in [3.63, 3.8) is 0 Å². The summed E-state index contributed by atoms with van der Waals surface area (Å²) in [5.41, 5.74) is 0.996. The van der Waals surface area contributed by atoms with Crippen LogP contribution in [0.5, 0.6) is 5.75 Å². The van der Waals surface area contributed by atoms with Gasteiger partial charge in [0.1, 0.15) is 17.2 Å². The van der Waals surface area contributed by atoms with Crippen molar-refractivity contribution in [1.29, 1.82) is 0 Å². The highest BCUT2D eigenvalue weighted by molar-refractivity contribution is 7.20. The Morgan fingerprint density at radius 2 is 2.20 bits per heavy atom. The first-order valence-corrected chi connectivity index (χ1v) is 6.82. The van der Waals surface area contributed by atoms with Crippen molar-refractivity contribution in [2.75, 3.05) is 0 Å². The Morgan fingerprint density at radius 3 is 2.95 bits per heavy atom. The van der Waals surface area contributed by atoms with Crippen molar-refractivity contribution in [1.82, 2.24) is 4.98 Å². The van der Waals surface area contributed by atoms with Crippen LogP contribution in [0.2, 0.25) is 0 Å². The summed E-state index contributed by atoms with van der Waals surface area (Å²) in [6.45, 7) is 0.430. The second kappa shape index (κ2) is 5.30. The molecule has 0 fully saturated rings. The normalized spacial score (nSPS) is 10.6. The molecule has 0 saturated carbocycles. The smallest absolute Gasteiger partial charge is 0.345 e. The van der Waals surface area contributed by atoms with Crippen LogP contribution in [-0.4, -0.2) is 16.1 Å². The van der Waals surface area contributed by atoms with E-state index >= 15 is 0 Å². The number of nitrogens with zero attached hydrogens (tertiary/aromatic N) is 1. The molecule has 4 nitrogen and oxygen atoms in total. The van der Waals surface area contributed by atoms with E-state index in [0.29, 0.717) is 17.2 Å². The average molecular weight is 285 g/mol. The van der Waals surface area contributed by atoms with E-state index in [9.17, 15) is 4.79 Å². The molecule has 0 spiro atoms. The molecular formula is C15H11NO3S. The Labute approximate surface area is 119 Å². The molecule has 2 aromatic heterocycles. The molecule has 3 rings (SSSR count). The van der Waals surface area contributed by atoms with Crippen LogP contribution in [-0.2, 0) is 6.61 Å². The van der Waals surface area contributed by atoms with Gasteiger partial charge in [0, 0.05) is 10.9 Å². The first-order chi connectivity index (χ1) is 9.72. The third kappa shape index (κ3) is 2.62. The molecule has 2 heterocycles. The van der Waals surface area contributed by atoms with Crippen molar-refractivity contribution >= 4 is 27.4 Å². The highest BCUT2D eigenvalue weighted by atomic mass is 32.1. The molecule has 0 aliphatic heterocycles. The van der Waals surface area contributed by atoms with E-state index in [2.05, 4.69) is 4.98 Å². The summed E-state index contributed by atoms with van der Waals surface area (Å²) >= 11 is 1.28. The number of thiophene rings is 1. The van der Waals surface area contributed by atoms with Gasteiger partial charge in [-0.15, -0.1) is 11.3 Å². The topological polar surface area (TPSA) is 59.4 Å². The Morgan fingerprint density at radius 1 is 1.30 bits per heavy atom. The van der Waals surface area contributed by atoms with Crippen molar-refractivity contribution in [2.24, 2.45) is 0 Å². The van der Waals surface area contributed by atoms with Gasteiger partial charge < -0.3 is 9.84 Å². The van der Waals surface area contributed by atoms with E-state index in [1.807, 2.05) is 30.3 Å². The molecule has 100 valence electrons. The van der Waals surface area contributed by atoms with E-state index in [1.165, 1.54) is 11.3 Å². The van der Waals surface area contributed by atoms with Gasteiger partial charge in [-0.05, 0) is 41.3 Å². The fourth-order valence-corrected chi connectivity index (χ4v) is 2.77. The maximum atomic E-state index is 10.9. The van der Waals surface area contributed by atoms with E-state index in [4.69, 9.17) is 9.84 Å². The summed E-state index contributed by atoms with van der Waals surface area (Å²) < 4.78 is 6.59. The van der Waals surface area contributed by atoms with Crippen molar-refractivity contribution in [3.05, 3.63) is 59.2 Å². The molecule has 0 amide bonds. The molecule has 0 saturated heterocycles. The maximum absolute atomic E-state index is 10.9. The van der Waals surface area contributed by atoms with Crippen molar-refractivity contribution in [3.8, 4) is 5.75 Å². The maximum Gasteiger partial charge on any atom is 0.345 e. The molecule has 1 N–H and O–H groups in total. The zero-order valence-corrected chi connectivity index (χ0v) is 11.3. The van der Waals surface area contributed by atoms with Crippen LogP contribution in [0.25, 0.3) is 10.1 Å². The van der Waals surface area contributed by atoms with Gasteiger partial charge in [-0.3, -0.25) is 4.98 Å². The highest BCUT2D eigenvalue weighted by Gasteiger charge is 2.08. The fourth-order valence-electron chi connectivity index (χ4n) is 1.89. The van der Waals surface area contributed by atoms with Crippen LogP contribution in [0.15, 0.2) is 48.8 Å². The highest BCUT2D eigenvalue weighted by Crippen LogP contribution is 2.27. The van der Waals surface area contributed by atoms with Gasteiger partial charge in [0.25, 0.3) is 0 Å².